The Kier molecular flexibility index (Phi) is 51.3. The van der Waals surface area contributed by atoms with Crippen molar-refractivity contribution in [1.29, 1.82) is 0 Å². The molecule has 0 amide bonds. The fourth-order valence-corrected chi connectivity index (χ4v) is 7.78. The van der Waals surface area contributed by atoms with Gasteiger partial charge in [0, 0.05) is 19.3 Å². The number of hydrogen-bond donors (Lipinski definition) is 0. The van der Waals surface area contributed by atoms with Crippen molar-refractivity contribution in [3.05, 3.63) is 60.8 Å². The van der Waals surface area contributed by atoms with Crippen LogP contribution in [-0.4, -0.2) is 37.2 Å². The van der Waals surface area contributed by atoms with Crippen molar-refractivity contribution in [1.82, 2.24) is 0 Å². The summed E-state index contributed by atoms with van der Waals surface area (Å²) in [5.74, 6) is -0.955. The lowest BCUT2D eigenvalue weighted by Crippen LogP contribution is -2.30. The van der Waals surface area contributed by atoms with Crippen molar-refractivity contribution >= 4 is 17.9 Å². The highest BCUT2D eigenvalue weighted by Crippen LogP contribution is 2.15. The summed E-state index contributed by atoms with van der Waals surface area (Å²) in [6, 6.07) is 0. The molecule has 0 N–H and O–H groups in total. The Bertz CT molecular complexity index is 1180. The molecule has 0 aliphatic rings. The Morgan fingerprint density at radius 2 is 0.569 bits per heavy atom. The van der Waals surface area contributed by atoms with Crippen molar-refractivity contribution in [3.63, 3.8) is 0 Å². The molecule has 0 radical (unpaired) electrons. The average molecular weight is 909 g/mol. The van der Waals surface area contributed by atoms with Crippen LogP contribution in [0.15, 0.2) is 60.8 Å². The number of unbranched alkanes of at least 4 members (excludes halogenated alkanes) is 29. The summed E-state index contributed by atoms with van der Waals surface area (Å²) >= 11 is 0. The number of carbonyl (C=O) groups excluding carboxylic acids is 3. The molecule has 0 rings (SSSR count). The van der Waals surface area contributed by atoms with E-state index in [0.717, 1.165) is 83.5 Å². The fraction of sp³-hybridized carbons (Fsp3) is 0.780. The van der Waals surface area contributed by atoms with Crippen molar-refractivity contribution in [2.24, 2.45) is 0 Å². The van der Waals surface area contributed by atoms with Crippen LogP contribution in [0.3, 0.4) is 0 Å². The van der Waals surface area contributed by atoms with Crippen LogP contribution in [0, 0.1) is 0 Å². The summed E-state index contributed by atoms with van der Waals surface area (Å²) in [5, 5.41) is 0. The van der Waals surface area contributed by atoms with E-state index in [2.05, 4.69) is 81.5 Å². The zero-order valence-corrected chi connectivity index (χ0v) is 43.0. The Morgan fingerprint density at radius 1 is 0.308 bits per heavy atom. The summed E-state index contributed by atoms with van der Waals surface area (Å²) < 4.78 is 16.8. The molecule has 6 heteroatoms. The third-order valence-electron chi connectivity index (χ3n) is 12.0. The van der Waals surface area contributed by atoms with Crippen LogP contribution in [0.25, 0.3) is 0 Å². The molecular formula is C59H104O6. The minimum absolute atomic E-state index is 0.0965. The normalized spacial score (nSPS) is 12.5. The molecule has 0 aromatic heterocycles. The smallest absolute Gasteiger partial charge is 0.306 e. The molecule has 0 unspecified atom stereocenters. The van der Waals surface area contributed by atoms with Gasteiger partial charge in [0.2, 0.25) is 0 Å². The van der Waals surface area contributed by atoms with Gasteiger partial charge in [-0.05, 0) is 83.5 Å². The zero-order valence-electron chi connectivity index (χ0n) is 43.0. The molecule has 1 atom stereocenters. The predicted octanol–water partition coefficient (Wildman–Crippen LogP) is 18.4. The van der Waals surface area contributed by atoms with E-state index in [1.54, 1.807) is 0 Å². The summed E-state index contributed by atoms with van der Waals surface area (Å²) in [6.07, 6.45) is 66.4. The fourth-order valence-electron chi connectivity index (χ4n) is 7.78. The number of ether oxygens (including phenoxy) is 3. The topological polar surface area (TPSA) is 78.9 Å². The first-order valence-corrected chi connectivity index (χ1v) is 27.8. The SMILES string of the molecule is CCCCC/C=C\C/C=C\CCCCCCCC(=O)OC[C@H](COC(=O)CCCCCCCCCCCCCCCCC)OC(=O)CCC/C=C\C/C=C\C/C=C\CCCCCCCC. The molecule has 0 aliphatic heterocycles. The highest BCUT2D eigenvalue weighted by Gasteiger charge is 2.19. The second kappa shape index (κ2) is 53.7. The molecule has 0 saturated heterocycles. The van der Waals surface area contributed by atoms with Gasteiger partial charge in [-0.1, -0.05) is 236 Å². The monoisotopic (exact) mass is 909 g/mol. The molecule has 0 aromatic carbocycles. The van der Waals surface area contributed by atoms with Crippen LogP contribution in [0.2, 0.25) is 0 Å². The highest BCUT2D eigenvalue weighted by molar-refractivity contribution is 5.71. The van der Waals surface area contributed by atoms with Gasteiger partial charge in [-0.3, -0.25) is 14.4 Å². The van der Waals surface area contributed by atoms with Crippen LogP contribution < -0.4 is 0 Å². The summed E-state index contributed by atoms with van der Waals surface area (Å²) in [7, 11) is 0. The van der Waals surface area contributed by atoms with E-state index < -0.39 is 6.10 Å². The second-order valence-electron chi connectivity index (χ2n) is 18.5. The zero-order chi connectivity index (χ0) is 47.2. The van der Waals surface area contributed by atoms with E-state index in [1.807, 2.05) is 0 Å². The van der Waals surface area contributed by atoms with Gasteiger partial charge in [0.15, 0.2) is 6.10 Å². The number of carbonyl (C=O) groups is 3. The number of allylic oxidation sites excluding steroid dienone is 10. The maximum atomic E-state index is 12.8. The molecule has 0 saturated carbocycles. The third kappa shape index (κ3) is 51.9. The van der Waals surface area contributed by atoms with E-state index in [-0.39, 0.29) is 37.5 Å². The molecule has 376 valence electrons. The lowest BCUT2D eigenvalue weighted by molar-refractivity contribution is -0.167. The standard InChI is InChI=1S/C59H104O6/c1-4-7-10-13-16-19-22-25-28-29-32-35-38-41-44-47-50-53-59(62)65-56(54-63-57(60)51-48-45-42-39-36-33-30-26-23-20-17-14-11-8-5-2)55-64-58(61)52-49-46-43-40-37-34-31-27-24-21-18-15-12-9-6-3/h17,20,25-26,28,30,32,35,41,44,56H,4-16,18-19,21-24,27,29,31,33-34,36-40,42-43,45-55H2,1-3H3/b20-17-,28-25-,30-26-,35-32-,44-41-/t56-/m1/s1. The quantitative estimate of drug-likeness (QED) is 0.0262. The first-order chi connectivity index (χ1) is 32.0. The van der Waals surface area contributed by atoms with Gasteiger partial charge in [-0.15, -0.1) is 0 Å². The molecule has 0 heterocycles. The molecule has 65 heavy (non-hydrogen) atoms. The summed E-state index contributed by atoms with van der Waals surface area (Å²) in [5.41, 5.74) is 0. The maximum absolute atomic E-state index is 12.8. The Balaban J connectivity index is 4.47. The first-order valence-electron chi connectivity index (χ1n) is 27.8. The molecule has 0 spiro atoms. The minimum Gasteiger partial charge on any atom is -0.462 e. The number of esters is 3. The first kappa shape index (κ1) is 62.1. The lowest BCUT2D eigenvalue weighted by atomic mass is 10.0. The van der Waals surface area contributed by atoms with Crippen molar-refractivity contribution < 1.29 is 28.6 Å². The van der Waals surface area contributed by atoms with E-state index in [4.69, 9.17) is 14.2 Å². The van der Waals surface area contributed by atoms with Gasteiger partial charge in [0.05, 0.1) is 0 Å². The van der Waals surface area contributed by atoms with Crippen LogP contribution >= 0.6 is 0 Å². The summed E-state index contributed by atoms with van der Waals surface area (Å²) in [6.45, 7) is 6.57. The molecule has 0 fully saturated rings. The van der Waals surface area contributed by atoms with Crippen LogP contribution in [0.1, 0.15) is 278 Å². The predicted molar refractivity (Wildman–Crippen MR) is 279 cm³/mol. The van der Waals surface area contributed by atoms with Gasteiger partial charge in [-0.2, -0.15) is 0 Å². The Labute approximate surface area is 402 Å². The van der Waals surface area contributed by atoms with Gasteiger partial charge in [0.25, 0.3) is 0 Å². The van der Waals surface area contributed by atoms with Gasteiger partial charge in [-0.25, -0.2) is 0 Å². The third-order valence-corrected chi connectivity index (χ3v) is 12.0. The minimum atomic E-state index is -0.804. The average Bonchev–Trinajstić information content (AvgIpc) is 3.30. The van der Waals surface area contributed by atoms with E-state index in [9.17, 15) is 14.4 Å². The van der Waals surface area contributed by atoms with E-state index in [1.165, 1.54) is 148 Å². The number of rotatable bonds is 50. The van der Waals surface area contributed by atoms with E-state index in [0.29, 0.717) is 19.3 Å². The van der Waals surface area contributed by atoms with Gasteiger partial charge < -0.3 is 14.2 Å². The van der Waals surface area contributed by atoms with Crippen LogP contribution in [0.5, 0.6) is 0 Å². The molecular weight excluding hydrogens is 805 g/mol. The van der Waals surface area contributed by atoms with Crippen LogP contribution in [0.4, 0.5) is 0 Å². The largest absolute Gasteiger partial charge is 0.462 e. The van der Waals surface area contributed by atoms with Crippen LogP contribution in [-0.2, 0) is 28.6 Å². The maximum Gasteiger partial charge on any atom is 0.306 e. The molecule has 0 aliphatic carbocycles. The van der Waals surface area contributed by atoms with Crippen molar-refractivity contribution in [2.75, 3.05) is 13.2 Å². The summed E-state index contributed by atoms with van der Waals surface area (Å²) in [4.78, 5) is 38.1. The van der Waals surface area contributed by atoms with Gasteiger partial charge >= 0.3 is 17.9 Å². The van der Waals surface area contributed by atoms with Crippen molar-refractivity contribution in [3.8, 4) is 0 Å². The van der Waals surface area contributed by atoms with Crippen molar-refractivity contribution in [2.45, 2.75) is 284 Å². The van der Waals surface area contributed by atoms with Gasteiger partial charge in [0.1, 0.15) is 13.2 Å². The number of hydrogen-bond acceptors (Lipinski definition) is 6. The molecule has 6 nitrogen and oxygen atoms in total. The molecule has 0 bridgehead atoms. The van der Waals surface area contributed by atoms with E-state index >= 15 is 0 Å². The Morgan fingerprint density at radius 3 is 0.938 bits per heavy atom. The lowest BCUT2D eigenvalue weighted by Gasteiger charge is -2.18. The highest BCUT2D eigenvalue weighted by atomic mass is 16.6. The molecule has 0 aromatic rings. The Hall–Kier alpha value is -2.89. The second-order valence-corrected chi connectivity index (χ2v) is 18.5.